The Morgan fingerprint density at radius 3 is 2.78 bits per heavy atom. The van der Waals surface area contributed by atoms with Gasteiger partial charge in [0.15, 0.2) is 0 Å². The van der Waals surface area contributed by atoms with Crippen molar-refractivity contribution < 1.29 is 0 Å². The van der Waals surface area contributed by atoms with Crippen LogP contribution in [0.1, 0.15) is 36.6 Å². The Morgan fingerprint density at radius 1 is 1.22 bits per heavy atom. The Morgan fingerprint density at radius 2 is 2.06 bits per heavy atom. The Bertz CT molecular complexity index is 507. The second kappa shape index (κ2) is 4.94. The molecule has 0 radical (unpaired) electrons. The zero-order valence-electron chi connectivity index (χ0n) is 10.8. The standard InChI is InChI=1S/C15H19N3/c1-12-5-7-13(8-6-12)18-11-16-10-15(18)14-4-2-3-9-17-14/h5-8,10-11,14,17H,2-4,9H2,1H3. The first kappa shape index (κ1) is 11.5. The molecular weight excluding hydrogens is 222 g/mol. The third-order valence-corrected chi connectivity index (χ3v) is 3.65. The van der Waals surface area contributed by atoms with E-state index in [4.69, 9.17) is 0 Å². The van der Waals surface area contributed by atoms with Crippen LogP contribution in [0.5, 0.6) is 0 Å². The van der Waals surface area contributed by atoms with Crippen molar-refractivity contribution in [3.8, 4) is 5.69 Å². The summed E-state index contributed by atoms with van der Waals surface area (Å²) < 4.78 is 2.20. The fourth-order valence-corrected chi connectivity index (χ4v) is 2.59. The molecule has 1 aliphatic rings. The fourth-order valence-electron chi connectivity index (χ4n) is 2.59. The normalized spacial score (nSPS) is 19.9. The molecule has 1 fully saturated rings. The van der Waals surface area contributed by atoms with Crippen LogP contribution in [0, 0.1) is 6.92 Å². The van der Waals surface area contributed by atoms with E-state index in [-0.39, 0.29) is 0 Å². The lowest BCUT2D eigenvalue weighted by Crippen LogP contribution is -2.28. The van der Waals surface area contributed by atoms with Crippen LogP contribution in [0.25, 0.3) is 5.69 Å². The highest BCUT2D eigenvalue weighted by Gasteiger charge is 2.18. The third-order valence-electron chi connectivity index (χ3n) is 3.65. The minimum atomic E-state index is 0.447. The molecule has 1 aromatic heterocycles. The molecule has 0 bridgehead atoms. The predicted octanol–water partition coefficient (Wildman–Crippen LogP) is 3.00. The number of piperidine rings is 1. The van der Waals surface area contributed by atoms with E-state index in [1.54, 1.807) is 0 Å². The quantitative estimate of drug-likeness (QED) is 0.876. The molecule has 3 nitrogen and oxygen atoms in total. The van der Waals surface area contributed by atoms with Crippen LogP contribution in [-0.4, -0.2) is 16.1 Å². The zero-order valence-corrected chi connectivity index (χ0v) is 10.8. The van der Waals surface area contributed by atoms with Crippen molar-refractivity contribution in [2.24, 2.45) is 0 Å². The average molecular weight is 241 g/mol. The van der Waals surface area contributed by atoms with Crippen molar-refractivity contribution in [2.75, 3.05) is 6.54 Å². The molecule has 3 heteroatoms. The van der Waals surface area contributed by atoms with E-state index in [2.05, 4.69) is 46.1 Å². The van der Waals surface area contributed by atoms with Crippen molar-refractivity contribution in [3.05, 3.63) is 48.0 Å². The SMILES string of the molecule is Cc1ccc(-n2cncc2C2CCCCN2)cc1. The van der Waals surface area contributed by atoms with Gasteiger partial charge in [-0.1, -0.05) is 24.1 Å². The number of hydrogen-bond acceptors (Lipinski definition) is 2. The van der Waals surface area contributed by atoms with Crippen molar-refractivity contribution in [1.29, 1.82) is 0 Å². The van der Waals surface area contributed by atoms with E-state index < -0.39 is 0 Å². The van der Waals surface area contributed by atoms with Gasteiger partial charge in [-0.05, 0) is 38.4 Å². The van der Waals surface area contributed by atoms with Gasteiger partial charge in [0.25, 0.3) is 0 Å². The molecule has 0 saturated carbocycles. The second-order valence-electron chi connectivity index (χ2n) is 5.03. The lowest BCUT2D eigenvalue weighted by atomic mass is 10.0. The maximum Gasteiger partial charge on any atom is 0.0994 e. The van der Waals surface area contributed by atoms with Crippen LogP contribution in [0.2, 0.25) is 0 Å². The number of imidazole rings is 1. The summed E-state index contributed by atoms with van der Waals surface area (Å²) in [5, 5.41) is 3.58. The van der Waals surface area contributed by atoms with Gasteiger partial charge in [-0.25, -0.2) is 4.98 Å². The molecule has 1 saturated heterocycles. The molecule has 18 heavy (non-hydrogen) atoms. The molecule has 2 heterocycles. The van der Waals surface area contributed by atoms with Gasteiger partial charge in [0, 0.05) is 11.7 Å². The molecule has 1 atom stereocenters. The topological polar surface area (TPSA) is 29.9 Å². The highest BCUT2D eigenvalue weighted by Crippen LogP contribution is 2.24. The molecule has 0 spiro atoms. The lowest BCUT2D eigenvalue weighted by Gasteiger charge is -2.24. The molecular formula is C15H19N3. The van der Waals surface area contributed by atoms with E-state index in [1.807, 2.05) is 12.5 Å². The summed E-state index contributed by atoms with van der Waals surface area (Å²) in [5.74, 6) is 0. The van der Waals surface area contributed by atoms with E-state index in [0.29, 0.717) is 6.04 Å². The Hall–Kier alpha value is -1.61. The summed E-state index contributed by atoms with van der Waals surface area (Å²) in [4.78, 5) is 4.32. The largest absolute Gasteiger partial charge is 0.309 e. The van der Waals surface area contributed by atoms with Crippen LogP contribution in [-0.2, 0) is 0 Å². The summed E-state index contributed by atoms with van der Waals surface area (Å²) in [5.41, 5.74) is 3.76. The maximum absolute atomic E-state index is 4.32. The Balaban J connectivity index is 1.93. The summed E-state index contributed by atoms with van der Waals surface area (Å²) in [6.45, 7) is 3.23. The number of aromatic nitrogens is 2. The molecule has 2 aromatic rings. The summed E-state index contributed by atoms with van der Waals surface area (Å²) >= 11 is 0. The van der Waals surface area contributed by atoms with E-state index in [9.17, 15) is 0 Å². The fraction of sp³-hybridized carbons (Fsp3) is 0.400. The number of benzene rings is 1. The van der Waals surface area contributed by atoms with Gasteiger partial charge in [-0.2, -0.15) is 0 Å². The minimum absolute atomic E-state index is 0.447. The van der Waals surface area contributed by atoms with Crippen molar-refractivity contribution >= 4 is 0 Å². The Labute approximate surface area is 108 Å². The van der Waals surface area contributed by atoms with Gasteiger partial charge in [-0.15, -0.1) is 0 Å². The van der Waals surface area contributed by atoms with E-state index in [0.717, 1.165) is 6.54 Å². The molecule has 1 unspecified atom stereocenters. The first-order valence-electron chi connectivity index (χ1n) is 6.67. The molecule has 1 aromatic carbocycles. The van der Waals surface area contributed by atoms with Gasteiger partial charge in [0.2, 0.25) is 0 Å². The number of nitrogens with one attached hydrogen (secondary N) is 1. The van der Waals surface area contributed by atoms with Gasteiger partial charge >= 0.3 is 0 Å². The molecule has 1 N–H and O–H groups in total. The van der Waals surface area contributed by atoms with Gasteiger partial charge in [0.1, 0.15) is 0 Å². The van der Waals surface area contributed by atoms with Gasteiger partial charge < -0.3 is 9.88 Å². The van der Waals surface area contributed by atoms with Crippen molar-refractivity contribution in [2.45, 2.75) is 32.2 Å². The predicted molar refractivity (Wildman–Crippen MR) is 72.9 cm³/mol. The highest BCUT2D eigenvalue weighted by molar-refractivity contribution is 5.36. The van der Waals surface area contributed by atoms with E-state index >= 15 is 0 Å². The van der Waals surface area contributed by atoms with Gasteiger partial charge in [-0.3, -0.25) is 0 Å². The molecule has 94 valence electrons. The smallest absolute Gasteiger partial charge is 0.0994 e. The van der Waals surface area contributed by atoms with Crippen molar-refractivity contribution in [1.82, 2.24) is 14.9 Å². The zero-order chi connectivity index (χ0) is 12.4. The number of aryl methyl sites for hydroxylation is 1. The average Bonchev–Trinajstić information content (AvgIpc) is 2.90. The maximum atomic E-state index is 4.32. The number of rotatable bonds is 2. The van der Waals surface area contributed by atoms with Crippen LogP contribution in [0.4, 0.5) is 0 Å². The third kappa shape index (κ3) is 2.18. The molecule has 1 aliphatic heterocycles. The second-order valence-corrected chi connectivity index (χ2v) is 5.03. The lowest BCUT2D eigenvalue weighted by molar-refractivity contribution is 0.402. The number of nitrogens with zero attached hydrogens (tertiary/aromatic N) is 2. The van der Waals surface area contributed by atoms with Crippen LogP contribution in [0.3, 0.4) is 0 Å². The molecule has 0 aliphatic carbocycles. The summed E-state index contributed by atoms with van der Waals surface area (Å²) in [6.07, 6.45) is 7.70. The molecule has 3 rings (SSSR count). The summed E-state index contributed by atoms with van der Waals surface area (Å²) in [6, 6.07) is 9.05. The summed E-state index contributed by atoms with van der Waals surface area (Å²) in [7, 11) is 0. The molecule has 0 amide bonds. The van der Waals surface area contributed by atoms with Crippen molar-refractivity contribution in [3.63, 3.8) is 0 Å². The monoisotopic (exact) mass is 241 g/mol. The first-order valence-corrected chi connectivity index (χ1v) is 6.67. The van der Waals surface area contributed by atoms with E-state index in [1.165, 1.54) is 36.2 Å². The first-order chi connectivity index (χ1) is 8.84. The van der Waals surface area contributed by atoms with Crippen LogP contribution in [0.15, 0.2) is 36.8 Å². The van der Waals surface area contributed by atoms with Crippen LogP contribution >= 0.6 is 0 Å². The minimum Gasteiger partial charge on any atom is -0.309 e. The van der Waals surface area contributed by atoms with Gasteiger partial charge in [0.05, 0.1) is 18.2 Å². The Kier molecular flexibility index (Phi) is 3.15. The van der Waals surface area contributed by atoms with Crippen LogP contribution < -0.4 is 5.32 Å². The highest BCUT2D eigenvalue weighted by atomic mass is 15.1. The number of hydrogen-bond donors (Lipinski definition) is 1.